The molecule has 3 aromatic rings. The van der Waals surface area contributed by atoms with Gasteiger partial charge in [0.1, 0.15) is 0 Å². The fourth-order valence-corrected chi connectivity index (χ4v) is 4.53. The maximum atomic E-state index is 12.9. The molecule has 0 N–H and O–H groups in total. The first-order valence-corrected chi connectivity index (χ1v) is 10.6. The van der Waals surface area contributed by atoms with Crippen molar-refractivity contribution < 1.29 is 17.6 Å². The molecular weight excluding hydrogens is 402 g/mol. The highest BCUT2D eigenvalue weighted by Gasteiger charge is 2.27. The molecule has 2 aromatic carbocycles. The summed E-state index contributed by atoms with van der Waals surface area (Å²) in [6.45, 7) is 3.34. The highest BCUT2D eigenvalue weighted by molar-refractivity contribution is 7.89. The molecule has 1 aromatic heterocycles. The van der Waals surface area contributed by atoms with Crippen LogP contribution in [-0.4, -0.2) is 49.2 Å². The van der Waals surface area contributed by atoms with Crippen molar-refractivity contribution in [3.8, 4) is 22.9 Å². The molecule has 0 amide bonds. The van der Waals surface area contributed by atoms with Crippen molar-refractivity contribution in [3.05, 3.63) is 53.1 Å². The first kappa shape index (κ1) is 19.1. The summed E-state index contributed by atoms with van der Waals surface area (Å²) in [6, 6.07) is 12.0. The summed E-state index contributed by atoms with van der Waals surface area (Å²) in [5, 5.41) is 8.79. The van der Waals surface area contributed by atoms with Gasteiger partial charge in [0, 0.05) is 29.2 Å². The highest BCUT2D eigenvalue weighted by atomic mass is 35.5. The molecule has 7 nitrogen and oxygen atoms in total. The number of aromatic nitrogens is 2. The molecule has 0 bridgehead atoms. The van der Waals surface area contributed by atoms with E-state index in [4.69, 9.17) is 20.8 Å². The van der Waals surface area contributed by atoms with Crippen LogP contribution in [0.15, 0.2) is 51.8 Å². The number of morpholine rings is 1. The fourth-order valence-electron chi connectivity index (χ4n) is 2.97. The van der Waals surface area contributed by atoms with Crippen LogP contribution in [0.5, 0.6) is 0 Å². The molecule has 1 aliphatic heterocycles. The van der Waals surface area contributed by atoms with E-state index < -0.39 is 10.0 Å². The Bertz CT molecular complexity index is 1090. The molecule has 146 valence electrons. The Kier molecular flexibility index (Phi) is 5.20. The minimum atomic E-state index is -3.61. The summed E-state index contributed by atoms with van der Waals surface area (Å²) in [5.41, 5.74) is 2.16. The summed E-state index contributed by atoms with van der Waals surface area (Å²) >= 11 is 5.91. The van der Waals surface area contributed by atoms with Crippen molar-refractivity contribution in [1.29, 1.82) is 0 Å². The van der Waals surface area contributed by atoms with Gasteiger partial charge in [-0.3, -0.25) is 0 Å². The van der Waals surface area contributed by atoms with E-state index in [0.29, 0.717) is 42.8 Å². The number of hydrogen-bond donors (Lipinski definition) is 0. The average molecular weight is 420 g/mol. The Morgan fingerprint density at radius 2 is 1.68 bits per heavy atom. The molecule has 2 heterocycles. The second-order valence-electron chi connectivity index (χ2n) is 6.41. The van der Waals surface area contributed by atoms with Crippen LogP contribution in [0.1, 0.15) is 5.56 Å². The number of halogens is 1. The minimum Gasteiger partial charge on any atom is -0.416 e. The summed E-state index contributed by atoms with van der Waals surface area (Å²) in [6.07, 6.45) is 0. The maximum absolute atomic E-state index is 12.9. The molecule has 4 rings (SSSR count). The number of benzene rings is 2. The van der Waals surface area contributed by atoms with Gasteiger partial charge in [0.25, 0.3) is 0 Å². The third kappa shape index (κ3) is 3.68. The van der Waals surface area contributed by atoms with Crippen LogP contribution < -0.4 is 0 Å². The largest absolute Gasteiger partial charge is 0.416 e. The highest BCUT2D eigenvalue weighted by Crippen LogP contribution is 2.29. The van der Waals surface area contributed by atoms with Crippen LogP contribution in [-0.2, 0) is 14.8 Å². The molecule has 9 heteroatoms. The molecule has 0 unspecified atom stereocenters. The summed E-state index contributed by atoms with van der Waals surface area (Å²) < 4.78 is 38.3. The van der Waals surface area contributed by atoms with Crippen molar-refractivity contribution in [3.63, 3.8) is 0 Å². The van der Waals surface area contributed by atoms with Crippen molar-refractivity contribution in [2.75, 3.05) is 26.3 Å². The van der Waals surface area contributed by atoms with Gasteiger partial charge in [-0.1, -0.05) is 17.7 Å². The van der Waals surface area contributed by atoms with Gasteiger partial charge in [-0.15, -0.1) is 10.2 Å². The SMILES string of the molecule is Cc1ccc(S(=O)(=O)N2CCOCC2)cc1-c1nnc(-c2ccc(Cl)cc2)o1. The first-order valence-electron chi connectivity index (χ1n) is 8.73. The third-order valence-corrected chi connectivity index (χ3v) is 6.71. The molecule has 0 aliphatic carbocycles. The van der Waals surface area contributed by atoms with E-state index in [9.17, 15) is 8.42 Å². The molecule has 1 saturated heterocycles. The number of hydrogen-bond acceptors (Lipinski definition) is 6. The number of aryl methyl sites for hydroxylation is 1. The number of ether oxygens (including phenoxy) is 1. The lowest BCUT2D eigenvalue weighted by Gasteiger charge is -2.26. The van der Waals surface area contributed by atoms with Gasteiger partial charge in [-0.25, -0.2) is 8.42 Å². The normalized spacial score (nSPS) is 15.6. The molecule has 0 radical (unpaired) electrons. The molecule has 0 spiro atoms. The van der Waals surface area contributed by atoms with Crippen LogP contribution in [0.25, 0.3) is 22.9 Å². The Balaban J connectivity index is 1.69. The van der Waals surface area contributed by atoms with Crippen LogP contribution in [0.2, 0.25) is 5.02 Å². The maximum Gasteiger partial charge on any atom is 0.248 e. The van der Waals surface area contributed by atoms with Crippen LogP contribution in [0.3, 0.4) is 0 Å². The van der Waals surface area contributed by atoms with E-state index >= 15 is 0 Å². The third-order valence-electron chi connectivity index (χ3n) is 4.56. The van der Waals surface area contributed by atoms with E-state index in [1.54, 1.807) is 42.5 Å². The van der Waals surface area contributed by atoms with Crippen LogP contribution >= 0.6 is 11.6 Å². The molecule has 28 heavy (non-hydrogen) atoms. The quantitative estimate of drug-likeness (QED) is 0.644. The Hall–Kier alpha value is -2.26. The van der Waals surface area contributed by atoms with Gasteiger partial charge in [-0.2, -0.15) is 4.31 Å². The van der Waals surface area contributed by atoms with Crippen LogP contribution in [0, 0.1) is 6.92 Å². The Morgan fingerprint density at radius 3 is 2.39 bits per heavy atom. The lowest BCUT2D eigenvalue weighted by Crippen LogP contribution is -2.40. The predicted molar refractivity (Wildman–Crippen MR) is 104 cm³/mol. The molecule has 1 fully saturated rings. The summed E-state index contributed by atoms with van der Waals surface area (Å²) in [5.74, 6) is 0.606. The molecule has 1 aliphatic rings. The van der Waals surface area contributed by atoms with Gasteiger partial charge in [0.05, 0.1) is 18.1 Å². The van der Waals surface area contributed by atoms with E-state index in [2.05, 4.69) is 10.2 Å². The zero-order valence-electron chi connectivity index (χ0n) is 15.1. The van der Waals surface area contributed by atoms with E-state index in [-0.39, 0.29) is 10.8 Å². The lowest BCUT2D eigenvalue weighted by molar-refractivity contribution is 0.0730. The smallest absolute Gasteiger partial charge is 0.248 e. The topological polar surface area (TPSA) is 85.5 Å². The van der Waals surface area contributed by atoms with Gasteiger partial charge in [0.15, 0.2) is 0 Å². The second kappa shape index (κ2) is 7.63. The van der Waals surface area contributed by atoms with Crippen molar-refractivity contribution >= 4 is 21.6 Å². The summed E-state index contributed by atoms with van der Waals surface area (Å²) in [4.78, 5) is 0.196. The number of sulfonamides is 1. The molecule has 0 atom stereocenters. The summed E-state index contributed by atoms with van der Waals surface area (Å²) in [7, 11) is -3.61. The minimum absolute atomic E-state index is 0.196. The lowest BCUT2D eigenvalue weighted by atomic mass is 10.1. The van der Waals surface area contributed by atoms with E-state index in [0.717, 1.165) is 11.1 Å². The average Bonchev–Trinajstić information content (AvgIpc) is 3.19. The number of nitrogens with zero attached hydrogens (tertiary/aromatic N) is 3. The standard InChI is InChI=1S/C19H18ClN3O4S/c1-13-2-7-16(28(24,25)23-8-10-26-11-9-23)12-17(13)19-22-21-18(27-19)14-3-5-15(20)6-4-14/h2-7,12H,8-11H2,1H3. The molecule has 0 saturated carbocycles. The van der Waals surface area contributed by atoms with E-state index in [1.807, 2.05) is 6.92 Å². The van der Waals surface area contributed by atoms with E-state index in [1.165, 1.54) is 4.31 Å². The predicted octanol–water partition coefficient (Wildman–Crippen LogP) is 3.39. The van der Waals surface area contributed by atoms with Crippen molar-refractivity contribution in [1.82, 2.24) is 14.5 Å². The zero-order chi connectivity index (χ0) is 19.7. The fraction of sp³-hybridized carbons (Fsp3) is 0.263. The second-order valence-corrected chi connectivity index (χ2v) is 8.79. The monoisotopic (exact) mass is 419 g/mol. The van der Waals surface area contributed by atoms with Gasteiger partial charge >= 0.3 is 0 Å². The van der Waals surface area contributed by atoms with Crippen molar-refractivity contribution in [2.24, 2.45) is 0 Å². The molecular formula is C19H18ClN3O4S. The van der Waals surface area contributed by atoms with Crippen LogP contribution in [0.4, 0.5) is 0 Å². The Morgan fingerprint density at radius 1 is 1.00 bits per heavy atom. The first-order chi connectivity index (χ1) is 13.4. The number of rotatable bonds is 4. The van der Waals surface area contributed by atoms with Gasteiger partial charge < -0.3 is 9.15 Å². The van der Waals surface area contributed by atoms with Gasteiger partial charge in [-0.05, 0) is 48.9 Å². The van der Waals surface area contributed by atoms with Crippen molar-refractivity contribution in [2.45, 2.75) is 11.8 Å². The Labute approximate surface area is 168 Å². The zero-order valence-corrected chi connectivity index (χ0v) is 16.7. The van der Waals surface area contributed by atoms with Gasteiger partial charge in [0.2, 0.25) is 21.8 Å².